The zero-order chi connectivity index (χ0) is 16.4. The van der Waals surface area contributed by atoms with Crippen LogP contribution in [-0.4, -0.2) is 38.1 Å². The zero-order valence-electron chi connectivity index (χ0n) is 13.3. The second-order valence-corrected chi connectivity index (χ2v) is 6.48. The highest BCUT2D eigenvalue weighted by atomic mass is 79.9. The van der Waals surface area contributed by atoms with Gasteiger partial charge in [0.1, 0.15) is 5.75 Å². The van der Waals surface area contributed by atoms with E-state index in [0.717, 1.165) is 11.0 Å². The van der Waals surface area contributed by atoms with Crippen LogP contribution in [0.1, 0.15) is 15.9 Å². The molecule has 0 bridgehead atoms. The lowest BCUT2D eigenvalue weighted by molar-refractivity contribution is 0.0750. The van der Waals surface area contributed by atoms with Gasteiger partial charge in [0.2, 0.25) is 0 Å². The Kier molecular flexibility index (Phi) is 4.57. The van der Waals surface area contributed by atoms with Crippen molar-refractivity contribution in [3.8, 4) is 5.75 Å². The summed E-state index contributed by atoms with van der Waals surface area (Å²) in [5.74, 6) is 0.699. The molecule has 3 rings (SSSR count). The van der Waals surface area contributed by atoms with E-state index in [1.54, 1.807) is 13.2 Å². The van der Waals surface area contributed by atoms with E-state index in [1.165, 1.54) is 11.3 Å². The summed E-state index contributed by atoms with van der Waals surface area (Å²) in [5, 5.41) is 0. The van der Waals surface area contributed by atoms with Gasteiger partial charge in [-0.15, -0.1) is 0 Å². The van der Waals surface area contributed by atoms with E-state index < -0.39 is 0 Å². The summed E-state index contributed by atoms with van der Waals surface area (Å²) >= 11 is 3.48. The topological polar surface area (TPSA) is 32.8 Å². The molecule has 2 aromatic rings. The van der Waals surface area contributed by atoms with E-state index in [-0.39, 0.29) is 5.91 Å². The number of carbonyl (C=O) groups is 1. The van der Waals surface area contributed by atoms with Gasteiger partial charge in [-0.05, 0) is 45.8 Å². The van der Waals surface area contributed by atoms with Gasteiger partial charge in [0.05, 0.1) is 12.7 Å². The molecule has 0 unspecified atom stereocenters. The lowest BCUT2D eigenvalue weighted by Gasteiger charge is -2.22. The number of carbonyl (C=O) groups excluding carboxylic acids is 1. The average molecular weight is 375 g/mol. The molecular weight excluding hydrogens is 356 g/mol. The highest BCUT2D eigenvalue weighted by Crippen LogP contribution is 2.27. The summed E-state index contributed by atoms with van der Waals surface area (Å²) in [5.41, 5.74) is 2.98. The van der Waals surface area contributed by atoms with E-state index in [0.29, 0.717) is 24.4 Å². The molecule has 23 heavy (non-hydrogen) atoms. The monoisotopic (exact) mass is 374 g/mol. The van der Waals surface area contributed by atoms with Gasteiger partial charge in [-0.25, -0.2) is 0 Å². The molecule has 0 fully saturated rings. The van der Waals surface area contributed by atoms with Crippen LogP contribution in [0.4, 0.5) is 5.69 Å². The minimum Gasteiger partial charge on any atom is -0.497 e. The summed E-state index contributed by atoms with van der Waals surface area (Å²) in [6.07, 6.45) is 0. The maximum Gasteiger partial charge on any atom is 0.255 e. The van der Waals surface area contributed by atoms with Crippen LogP contribution >= 0.6 is 15.9 Å². The van der Waals surface area contributed by atoms with Crippen molar-refractivity contribution in [3.63, 3.8) is 0 Å². The quantitative estimate of drug-likeness (QED) is 0.805. The molecule has 1 heterocycles. The number of halogens is 1. The first-order chi connectivity index (χ1) is 11.1. The number of fused-ring (bicyclic) bond motifs is 1. The Bertz CT molecular complexity index is 733. The molecule has 1 aliphatic heterocycles. The number of ether oxygens (including phenoxy) is 1. The van der Waals surface area contributed by atoms with Crippen LogP contribution in [0.2, 0.25) is 0 Å². The minimum atomic E-state index is 0.0147. The van der Waals surface area contributed by atoms with Gasteiger partial charge in [0.15, 0.2) is 0 Å². The maximum absolute atomic E-state index is 13.0. The van der Waals surface area contributed by atoms with Crippen molar-refractivity contribution in [3.05, 3.63) is 58.1 Å². The summed E-state index contributed by atoms with van der Waals surface area (Å²) in [4.78, 5) is 17.1. The molecule has 5 heteroatoms. The Hall–Kier alpha value is -2.01. The van der Waals surface area contributed by atoms with Crippen molar-refractivity contribution >= 4 is 27.5 Å². The summed E-state index contributed by atoms with van der Waals surface area (Å²) < 4.78 is 6.03. The van der Waals surface area contributed by atoms with Crippen LogP contribution in [-0.2, 0) is 6.54 Å². The number of hydrogen-bond acceptors (Lipinski definition) is 3. The predicted octanol–water partition coefficient (Wildman–Crippen LogP) is 3.55. The molecule has 0 atom stereocenters. The van der Waals surface area contributed by atoms with E-state index in [1.807, 2.05) is 29.2 Å². The van der Waals surface area contributed by atoms with E-state index >= 15 is 0 Å². The molecule has 0 saturated heterocycles. The van der Waals surface area contributed by atoms with Crippen LogP contribution < -0.4 is 9.64 Å². The number of para-hydroxylation sites is 1. The minimum absolute atomic E-state index is 0.0147. The molecule has 0 saturated carbocycles. The molecule has 0 aliphatic carbocycles. The molecular formula is C18H19BrN2O2. The second kappa shape index (κ2) is 6.62. The fourth-order valence-corrected chi connectivity index (χ4v) is 3.25. The van der Waals surface area contributed by atoms with Gasteiger partial charge in [-0.2, -0.15) is 0 Å². The van der Waals surface area contributed by atoms with E-state index in [2.05, 4.69) is 40.0 Å². The number of anilines is 1. The summed E-state index contributed by atoms with van der Waals surface area (Å²) in [6, 6.07) is 13.7. The first kappa shape index (κ1) is 15.9. The standard InChI is InChI=1S/C18H19BrN2O2/c1-20-9-10-21(12-13-5-3-4-6-17(13)20)18(22)15-11-14(23-2)7-8-16(15)19/h3-8,11H,9-10,12H2,1-2H3. The van der Waals surface area contributed by atoms with Gasteiger partial charge in [0, 0.05) is 36.8 Å². The first-order valence-electron chi connectivity index (χ1n) is 7.52. The Morgan fingerprint density at radius 1 is 1.17 bits per heavy atom. The molecule has 1 aliphatic rings. The third kappa shape index (κ3) is 3.20. The SMILES string of the molecule is COc1ccc(Br)c(C(=O)N2CCN(C)c3ccccc3C2)c1. The molecule has 120 valence electrons. The third-order valence-corrected chi connectivity index (χ3v) is 4.85. The number of rotatable bonds is 2. The normalized spacial score (nSPS) is 14.2. The fraction of sp³-hybridized carbons (Fsp3) is 0.278. The van der Waals surface area contributed by atoms with Crippen molar-refractivity contribution in [1.29, 1.82) is 0 Å². The van der Waals surface area contributed by atoms with Crippen molar-refractivity contribution in [2.45, 2.75) is 6.54 Å². The van der Waals surface area contributed by atoms with Crippen molar-refractivity contribution in [2.75, 3.05) is 32.1 Å². The lowest BCUT2D eigenvalue weighted by atomic mass is 10.1. The van der Waals surface area contributed by atoms with Gasteiger partial charge in [-0.3, -0.25) is 4.79 Å². The van der Waals surface area contributed by atoms with Crippen molar-refractivity contribution in [1.82, 2.24) is 4.90 Å². The predicted molar refractivity (Wildman–Crippen MR) is 95.1 cm³/mol. The van der Waals surface area contributed by atoms with Gasteiger partial charge in [0.25, 0.3) is 5.91 Å². The van der Waals surface area contributed by atoms with E-state index in [9.17, 15) is 4.79 Å². The Balaban J connectivity index is 1.92. The summed E-state index contributed by atoms with van der Waals surface area (Å²) in [7, 11) is 3.67. The average Bonchev–Trinajstić information content (AvgIpc) is 2.74. The van der Waals surface area contributed by atoms with Crippen LogP contribution in [0.3, 0.4) is 0 Å². The lowest BCUT2D eigenvalue weighted by Crippen LogP contribution is -2.34. The number of methoxy groups -OCH3 is 1. The van der Waals surface area contributed by atoms with Gasteiger partial charge >= 0.3 is 0 Å². The number of hydrogen-bond donors (Lipinski definition) is 0. The second-order valence-electron chi connectivity index (χ2n) is 5.62. The van der Waals surface area contributed by atoms with Gasteiger partial charge in [-0.1, -0.05) is 18.2 Å². The summed E-state index contributed by atoms with van der Waals surface area (Å²) in [6.45, 7) is 2.11. The molecule has 0 aromatic heterocycles. The van der Waals surface area contributed by atoms with Crippen LogP contribution in [0, 0.1) is 0 Å². The van der Waals surface area contributed by atoms with Crippen LogP contribution in [0.5, 0.6) is 5.75 Å². The largest absolute Gasteiger partial charge is 0.497 e. The number of nitrogens with zero attached hydrogens (tertiary/aromatic N) is 2. The van der Waals surface area contributed by atoms with Crippen molar-refractivity contribution < 1.29 is 9.53 Å². The molecule has 2 aromatic carbocycles. The molecule has 1 amide bonds. The maximum atomic E-state index is 13.0. The van der Waals surface area contributed by atoms with Crippen LogP contribution in [0.25, 0.3) is 0 Å². The number of amides is 1. The highest BCUT2D eigenvalue weighted by molar-refractivity contribution is 9.10. The van der Waals surface area contributed by atoms with Crippen molar-refractivity contribution in [2.24, 2.45) is 0 Å². The zero-order valence-corrected chi connectivity index (χ0v) is 14.8. The molecule has 0 spiro atoms. The highest BCUT2D eigenvalue weighted by Gasteiger charge is 2.23. The Morgan fingerprint density at radius 3 is 2.74 bits per heavy atom. The van der Waals surface area contributed by atoms with E-state index in [4.69, 9.17) is 4.74 Å². The Morgan fingerprint density at radius 2 is 1.96 bits per heavy atom. The molecule has 0 N–H and O–H groups in total. The Labute approximate surface area is 144 Å². The van der Waals surface area contributed by atoms with Gasteiger partial charge < -0.3 is 14.5 Å². The molecule has 0 radical (unpaired) electrons. The van der Waals surface area contributed by atoms with Crippen LogP contribution in [0.15, 0.2) is 46.9 Å². The third-order valence-electron chi connectivity index (χ3n) is 4.16. The number of likely N-dealkylation sites (N-methyl/N-ethyl adjacent to an activating group) is 1. The first-order valence-corrected chi connectivity index (χ1v) is 8.31. The smallest absolute Gasteiger partial charge is 0.255 e. The molecule has 4 nitrogen and oxygen atoms in total. The number of benzene rings is 2. The fourth-order valence-electron chi connectivity index (χ4n) is 2.83.